The first-order chi connectivity index (χ1) is 9.28. The summed E-state index contributed by atoms with van der Waals surface area (Å²) in [6.07, 6.45) is 7.89. The van der Waals surface area contributed by atoms with Gasteiger partial charge in [-0.15, -0.1) is 0 Å². The van der Waals surface area contributed by atoms with Gasteiger partial charge in [0.25, 0.3) is 0 Å². The van der Waals surface area contributed by atoms with Gasteiger partial charge >= 0.3 is 0 Å². The molecule has 2 unspecified atom stereocenters. The molecule has 2 aliphatic carbocycles. The Hall–Kier alpha value is -0.860. The van der Waals surface area contributed by atoms with Crippen LogP contribution in [-0.4, -0.2) is 24.5 Å². The fourth-order valence-corrected chi connectivity index (χ4v) is 4.00. The first-order valence-electron chi connectivity index (χ1n) is 7.79. The van der Waals surface area contributed by atoms with Gasteiger partial charge in [0, 0.05) is 12.6 Å². The first-order valence-corrected chi connectivity index (χ1v) is 7.79. The highest BCUT2D eigenvalue weighted by Gasteiger charge is 2.29. The molecule has 2 heteroatoms. The number of aryl methyl sites for hydroxylation is 2. The van der Waals surface area contributed by atoms with E-state index in [1.165, 1.54) is 44.1 Å². The highest BCUT2D eigenvalue weighted by atomic mass is 15.1. The molecule has 0 spiro atoms. The van der Waals surface area contributed by atoms with Gasteiger partial charge < -0.3 is 5.73 Å². The van der Waals surface area contributed by atoms with Crippen LogP contribution in [0.2, 0.25) is 0 Å². The smallest absolute Gasteiger partial charge is 0.0233 e. The van der Waals surface area contributed by atoms with Gasteiger partial charge in [-0.1, -0.05) is 24.6 Å². The number of benzene rings is 1. The van der Waals surface area contributed by atoms with E-state index in [9.17, 15) is 0 Å². The fourth-order valence-electron chi connectivity index (χ4n) is 4.00. The van der Waals surface area contributed by atoms with Crippen LogP contribution in [-0.2, 0) is 19.4 Å². The molecule has 2 nitrogen and oxygen atoms in total. The molecule has 2 atom stereocenters. The SMILES string of the molecule is CN(Cc1ccc2c(c1)CCC2)C1CCCC1CN. The predicted octanol–water partition coefficient (Wildman–Crippen LogP) is 2.73. The van der Waals surface area contributed by atoms with E-state index in [0.717, 1.165) is 13.1 Å². The summed E-state index contributed by atoms with van der Waals surface area (Å²) in [5.41, 5.74) is 10.5. The van der Waals surface area contributed by atoms with Crippen LogP contribution in [0.5, 0.6) is 0 Å². The van der Waals surface area contributed by atoms with Crippen molar-refractivity contribution < 1.29 is 0 Å². The van der Waals surface area contributed by atoms with Crippen molar-refractivity contribution >= 4 is 0 Å². The van der Waals surface area contributed by atoms with Crippen molar-refractivity contribution in [3.8, 4) is 0 Å². The zero-order chi connectivity index (χ0) is 13.2. The third-order valence-electron chi connectivity index (χ3n) is 5.08. The summed E-state index contributed by atoms with van der Waals surface area (Å²) in [6, 6.07) is 7.80. The number of rotatable bonds is 4. The maximum absolute atomic E-state index is 5.90. The Labute approximate surface area is 117 Å². The zero-order valence-corrected chi connectivity index (χ0v) is 12.1. The molecule has 1 aromatic carbocycles. The number of nitrogens with two attached hydrogens (primary N) is 1. The Morgan fingerprint density at radius 3 is 2.84 bits per heavy atom. The summed E-state index contributed by atoms with van der Waals surface area (Å²) in [5.74, 6) is 0.708. The van der Waals surface area contributed by atoms with Crippen molar-refractivity contribution in [3.63, 3.8) is 0 Å². The molecule has 1 saturated carbocycles. The summed E-state index contributed by atoms with van der Waals surface area (Å²) in [4.78, 5) is 2.53. The lowest BCUT2D eigenvalue weighted by atomic mass is 10.0. The third-order valence-corrected chi connectivity index (χ3v) is 5.08. The molecule has 0 saturated heterocycles. The van der Waals surface area contributed by atoms with E-state index in [0.29, 0.717) is 12.0 Å². The molecular formula is C17H26N2. The second-order valence-electron chi connectivity index (χ2n) is 6.37. The normalized spacial score (nSPS) is 26.1. The van der Waals surface area contributed by atoms with Crippen molar-refractivity contribution in [1.82, 2.24) is 4.90 Å². The Kier molecular flexibility index (Phi) is 3.90. The predicted molar refractivity (Wildman–Crippen MR) is 80.1 cm³/mol. The molecule has 0 amide bonds. The van der Waals surface area contributed by atoms with Gasteiger partial charge in [-0.05, 0) is 68.3 Å². The summed E-state index contributed by atoms with van der Waals surface area (Å²) >= 11 is 0. The van der Waals surface area contributed by atoms with E-state index in [4.69, 9.17) is 5.73 Å². The van der Waals surface area contributed by atoms with E-state index >= 15 is 0 Å². The lowest BCUT2D eigenvalue weighted by Crippen LogP contribution is -2.37. The number of hydrogen-bond acceptors (Lipinski definition) is 2. The fraction of sp³-hybridized carbons (Fsp3) is 0.647. The summed E-state index contributed by atoms with van der Waals surface area (Å²) in [5, 5.41) is 0. The Balaban J connectivity index is 1.67. The minimum Gasteiger partial charge on any atom is -0.330 e. The second-order valence-corrected chi connectivity index (χ2v) is 6.37. The van der Waals surface area contributed by atoms with Crippen LogP contribution in [0, 0.1) is 5.92 Å². The van der Waals surface area contributed by atoms with Crippen molar-refractivity contribution in [3.05, 3.63) is 34.9 Å². The maximum Gasteiger partial charge on any atom is 0.0233 e. The van der Waals surface area contributed by atoms with Gasteiger partial charge in [-0.3, -0.25) is 4.90 Å². The van der Waals surface area contributed by atoms with E-state index < -0.39 is 0 Å². The Bertz CT molecular complexity index is 441. The molecule has 0 heterocycles. The molecule has 1 aromatic rings. The second kappa shape index (κ2) is 5.64. The largest absolute Gasteiger partial charge is 0.330 e. The molecule has 3 rings (SSSR count). The van der Waals surface area contributed by atoms with Gasteiger partial charge in [-0.2, -0.15) is 0 Å². The Morgan fingerprint density at radius 1 is 1.16 bits per heavy atom. The van der Waals surface area contributed by atoms with Crippen LogP contribution in [0.1, 0.15) is 42.4 Å². The zero-order valence-electron chi connectivity index (χ0n) is 12.1. The van der Waals surface area contributed by atoms with E-state index in [1.54, 1.807) is 11.1 Å². The van der Waals surface area contributed by atoms with Gasteiger partial charge in [0.05, 0.1) is 0 Å². The first kappa shape index (κ1) is 13.1. The maximum atomic E-state index is 5.90. The average Bonchev–Trinajstić information content (AvgIpc) is 3.06. The van der Waals surface area contributed by atoms with Gasteiger partial charge in [0.2, 0.25) is 0 Å². The van der Waals surface area contributed by atoms with Crippen LogP contribution < -0.4 is 5.73 Å². The standard InChI is InChI=1S/C17H26N2/c1-19(17-7-3-6-16(17)11-18)12-13-8-9-14-4-2-5-15(14)10-13/h8-10,16-17H,2-7,11-12,18H2,1H3. The van der Waals surface area contributed by atoms with E-state index in [1.807, 2.05) is 0 Å². The molecular weight excluding hydrogens is 232 g/mol. The van der Waals surface area contributed by atoms with Gasteiger partial charge in [0.15, 0.2) is 0 Å². The van der Waals surface area contributed by atoms with Gasteiger partial charge in [-0.25, -0.2) is 0 Å². The van der Waals surface area contributed by atoms with Crippen LogP contribution >= 0.6 is 0 Å². The van der Waals surface area contributed by atoms with Crippen LogP contribution in [0.4, 0.5) is 0 Å². The van der Waals surface area contributed by atoms with Crippen molar-refractivity contribution in [2.75, 3.05) is 13.6 Å². The minimum absolute atomic E-state index is 0.693. The number of hydrogen-bond donors (Lipinski definition) is 1. The van der Waals surface area contributed by atoms with Crippen molar-refractivity contribution in [1.29, 1.82) is 0 Å². The van der Waals surface area contributed by atoms with E-state index in [-0.39, 0.29) is 0 Å². The number of fused-ring (bicyclic) bond motifs is 1. The van der Waals surface area contributed by atoms with Crippen molar-refractivity contribution in [2.24, 2.45) is 11.7 Å². The topological polar surface area (TPSA) is 29.3 Å². The average molecular weight is 258 g/mol. The summed E-state index contributed by atoms with van der Waals surface area (Å²) in [7, 11) is 2.27. The quantitative estimate of drug-likeness (QED) is 0.900. The third kappa shape index (κ3) is 2.70. The molecule has 0 radical (unpaired) electrons. The lowest BCUT2D eigenvalue weighted by Gasteiger charge is -2.29. The van der Waals surface area contributed by atoms with Crippen molar-refractivity contribution in [2.45, 2.75) is 51.1 Å². The lowest BCUT2D eigenvalue weighted by molar-refractivity contribution is 0.193. The molecule has 0 bridgehead atoms. The summed E-state index contributed by atoms with van der Waals surface area (Å²) in [6.45, 7) is 1.92. The van der Waals surface area contributed by atoms with Crippen LogP contribution in [0.3, 0.4) is 0 Å². The number of nitrogens with zero attached hydrogens (tertiary/aromatic N) is 1. The highest BCUT2D eigenvalue weighted by Crippen LogP contribution is 2.30. The summed E-state index contributed by atoms with van der Waals surface area (Å²) < 4.78 is 0. The van der Waals surface area contributed by atoms with Crippen LogP contribution in [0.15, 0.2) is 18.2 Å². The monoisotopic (exact) mass is 258 g/mol. The molecule has 19 heavy (non-hydrogen) atoms. The molecule has 0 aromatic heterocycles. The molecule has 1 fully saturated rings. The molecule has 0 aliphatic heterocycles. The molecule has 2 aliphatic rings. The molecule has 2 N–H and O–H groups in total. The Morgan fingerprint density at radius 2 is 2.00 bits per heavy atom. The van der Waals surface area contributed by atoms with E-state index in [2.05, 4.69) is 30.1 Å². The minimum atomic E-state index is 0.693. The highest BCUT2D eigenvalue weighted by molar-refractivity contribution is 5.35. The van der Waals surface area contributed by atoms with Gasteiger partial charge in [0.1, 0.15) is 0 Å². The molecule has 104 valence electrons. The van der Waals surface area contributed by atoms with Crippen LogP contribution in [0.25, 0.3) is 0 Å².